The number of likely N-dealkylation sites (N-methyl/N-ethyl adjacent to an activating group) is 1. The molecule has 2 rings (SSSR count). The van der Waals surface area contributed by atoms with Gasteiger partial charge in [-0.25, -0.2) is 0 Å². The summed E-state index contributed by atoms with van der Waals surface area (Å²) in [6.45, 7) is 4.67. The van der Waals surface area contributed by atoms with Gasteiger partial charge in [-0.05, 0) is 28.7 Å². The third-order valence-corrected chi connectivity index (χ3v) is 3.98. The molecule has 0 aliphatic heterocycles. The van der Waals surface area contributed by atoms with Crippen LogP contribution < -0.4 is 10.1 Å². The molecule has 2 aromatic rings. The van der Waals surface area contributed by atoms with Gasteiger partial charge in [-0.3, -0.25) is 4.79 Å². The first kappa shape index (κ1) is 18.0. The van der Waals surface area contributed by atoms with E-state index in [1.54, 1.807) is 7.05 Å². The van der Waals surface area contributed by atoms with E-state index in [0.29, 0.717) is 12.5 Å². The van der Waals surface area contributed by atoms with Crippen molar-refractivity contribution in [2.24, 2.45) is 0 Å². The number of methoxy groups -OCH3 is 1. The molecule has 2 aromatic carbocycles. The van der Waals surface area contributed by atoms with Gasteiger partial charge in [-0.1, -0.05) is 56.3 Å². The molecule has 0 bridgehead atoms. The molecule has 0 spiro atoms. The van der Waals surface area contributed by atoms with Gasteiger partial charge in [0.15, 0.2) is 6.10 Å². The lowest BCUT2D eigenvalue weighted by molar-refractivity contribution is -0.130. The Labute approximate surface area is 143 Å². The third-order valence-electron chi connectivity index (χ3n) is 3.98. The van der Waals surface area contributed by atoms with Gasteiger partial charge < -0.3 is 14.8 Å². The van der Waals surface area contributed by atoms with Crippen LogP contribution in [-0.4, -0.2) is 20.1 Å². The monoisotopic (exact) mass is 327 g/mol. The molecule has 0 aromatic heterocycles. The number of ether oxygens (including phenoxy) is 2. The highest BCUT2D eigenvalue weighted by Crippen LogP contribution is 2.28. The smallest absolute Gasteiger partial charge is 0.253 e. The predicted octanol–water partition coefficient (Wildman–Crippen LogP) is 3.82. The van der Waals surface area contributed by atoms with E-state index in [4.69, 9.17) is 9.47 Å². The fourth-order valence-corrected chi connectivity index (χ4v) is 2.67. The third kappa shape index (κ3) is 4.15. The largest absolute Gasteiger partial charge is 0.489 e. The Morgan fingerprint density at radius 2 is 1.67 bits per heavy atom. The van der Waals surface area contributed by atoms with Gasteiger partial charge in [-0.15, -0.1) is 0 Å². The lowest BCUT2D eigenvalue weighted by atomic mass is 10.0. The summed E-state index contributed by atoms with van der Waals surface area (Å²) in [6.07, 6.45) is -0.643. The molecular formula is C20H25NO3. The second-order valence-electron chi connectivity index (χ2n) is 5.91. The Bertz CT molecular complexity index is 682. The first-order chi connectivity index (χ1) is 11.6. The molecule has 0 aliphatic carbocycles. The van der Waals surface area contributed by atoms with Crippen molar-refractivity contribution in [3.8, 4) is 5.75 Å². The van der Waals surface area contributed by atoms with Crippen molar-refractivity contribution in [1.82, 2.24) is 5.32 Å². The molecule has 1 atom stereocenters. The van der Waals surface area contributed by atoms with Crippen molar-refractivity contribution in [1.29, 1.82) is 0 Å². The van der Waals surface area contributed by atoms with E-state index in [1.165, 1.54) is 12.7 Å². The normalized spacial score (nSPS) is 12.0. The molecule has 0 saturated heterocycles. The topological polar surface area (TPSA) is 47.6 Å². The fraction of sp³-hybridized carbons (Fsp3) is 0.350. The Morgan fingerprint density at radius 1 is 1.04 bits per heavy atom. The van der Waals surface area contributed by atoms with Gasteiger partial charge in [0, 0.05) is 14.2 Å². The molecule has 1 unspecified atom stereocenters. The molecule has 0 fully saturated rings. The number of amides is 1. The number of nitrogens with one attached hydrogen (secondary N) is 1. The van der Waals surface area contributed by atoms with Crippen LogP contribution in [-0.2, 0) is 16.1 Å². The Kier molecular flexibility index (Phi) is 6.38. The average Bonchev–Trinajstić information content (AvgIpc) is 2.61. The number of para-hydroxylation sites is 1. The second-order valence-corrected chi connectivity index (χ2v) is 5.91. The Balaban J connectivity index is 2.24. The minimum Gasteiger partial charge on any atom is -0.489 e. The summed E-state index contributed by atoms with van der Waals surface area (Å²) < 4.78 is 11.4. The molecular weight excluding hydrogens is 302 g/mol. The maximum atomic E-state index is 12.0. The number of hydrogen-bond donors (Lipinski definition) is 1. The zero-order valence-electron chi connectivity index (χ0n) is 14.7. The fourth-order valence-electron chi connectivity index (χ4n) is 2.67. The summed E-state index contributed by atoms with van der Waals surface area (Å²) >= 11 is 0. The van der Waals surface area contributed by atoms with Crippen molar-refractivity contribution in [2.75, 3.05) is 14.2 Å². The Morgan fingerprint density at radius 3 is 2.29 bits per heavy atom. The molecule has 0 heterocycles. The number of rotatable bonds is 7. The maximum absolute atomic E-state index is 12.0. The van der Waals surface area contributed by atoms with Crippen molar-refractivity contribution in [3.63, 3.8) is 0 Å². The average molecular weight is 327 g/mol. The molecule has 1 N–H and O–H groups in total. The zero-order valence-corrected chi connectivity index (χ0v) is 14.7. The van der Waals surface area contributed by atoms with Crippen LogP contribution in [0.2, 0.25) is 0 Å². The molecule has 0 radical (unpaired) electrons. The van der Waals surface area contributed by atoms with Crippen LogP contribution >= 0.6 is 0 Å². The molecule has 0 saturated carbocycles. The minimum absolute atomic E-state index is 0.174. The van der Waals surface area contributed by atoms with E-state index >= 15 is 0 Å². The molecule has 0 aliphatic rings. The van der Waals surface area contributed by atoms with Gasteiger partial charge in [0.2, 0.25) is 0 Å². The van der Waals surface area contributed by atoms with E-state index in [9.17, 15) is 4.79 Å². The number of benzene rings is 2. The van der Waals surface area contributed by atoms with Crippen molar-refractivity contribution in [3.05, 3.63) is 65.2 Å². The number of carbonyl (C=O) groups is 1. The SMILES string of the molecule is CNC(=O)C(OC)c1ccccc1COc1ccccc1C(C)C. The highest BCUT2D eigenvalue weighted by atomic mass is 16.5. The van der Waals surface area contributed by atoms with Crippen molar-refractivity contribution >= 4 is 5.91 Å². The Hall–Kier alpha value is -2.33. The lowest BCUT2D eigenvalue weighted by Gasteiger charge is -2.19. The van der Waals surface area contributed by atoms with Gasteiger partial charge in [0.05, 0.1) is 0 Å². The standard InChI is InChI=1S/C20H25NO3/c1-14(2)16-10-7-8-12-18(16)24-13-15-9-5-6-11-17(15)19(23-4)20(22)21-3/h5-12,14,19H,13H2,1-4H3,(H,21,22). The summed E-state index contributed by atoms with van der Waals surface area (Å²) in [4.78, 5) is 12.0. The quantitative estimate of drug-likeness (QED) is 0.841. The number of hydrogen-bond acceptors (Lipinski definition) is 3. The van der Waals surface area contributed by atoms with Gasteiger partial charge >= 0.3 is 0 Å². The first-order valence-corrected chi connectivity index (χ1v) is 8.12. The van der Waals surface area contributed by atoms with Crippen LogP contribution in [0.15, 0.2) is 48.5 Å². The first-order valence-electron chi connectivity index (χ1n) is 8.12. The van der Waals surface area contributed by atoms with Crippen LogP contribution in [0, 0.1) is 0 Å². The minimum atomic E-state index is -0.643. The van der Waals surface area contributed by atoms with Crippen LogP contribution in [0.4, 0.5) is 0 Å². The van der Waals surface area contributed by atoms with E-state index in [0.717, 1.165) is 16.9 Å². The van der Waals surface area contributed by atoms with E-state index in [1.807, 2.05) is 42.5 Å². The summed E-state index contributed by atoms with van der Waals surface area (Å²) in [6, 6.07) is 15.7. The van der Waals surface area contributed by atoms with Crippen LogP contribution in [0.3, 0.4) is 0 Å². The molecule has 128 valence electrons. The highest BCUT2D eigenvalue weighted by molar-refractivity contribution is 5.82. The number of carbonyl (C=O) groups excluding carboxylic acids is 1. The van der Waals surface area contributed by atoms with Gasteiger partial charge in [-0.2, -0.15) is 0 Å². The van der Waals surface area contributed by atoms with Crippen LogP contribution in [0.5, 0.6) is 5.75 Å². The summed E-state index contributed by atoms with van der Waals surface area (Å²) in [5.41, 5.74) is 2.93. The van der Waals surface area contributed by atoms with E-state index < -0.39 is 6.10 Å². The van der Waals surface area contributed by atoms with Crippen LogP contribution in [0.1, 0.15) is 42.6 Å². The summed E-state index contributed by atoms with van der Waals surface area (Å²) in [5.74, 6) is 1.08. The van der Waals surface area contributed by atoms with E-state index in [2.05, 4.69) is 25.2 Å². The molecule has 1 amide bonds. The molecule has 4 nitrogen and oxygen atoms in total. The van der Waals surface area contributed by atoms with Crippen molar-refractivity contribution < 1.29 is 14.3 Å². The zero-order chi connectivity index (χ0) is 17.5. The summed E-state index contributed by atoms with van der Waals surface area (Å²) in [7, 11) is 3.14. The summed E-state index contributed by atoms with van der Waals surface area (Å²) in [5, 5.41) is 2.63. The second kappa shape index (κ2) is 8.50. The highest BCUT2D eigenvalue weighted by Gasteiger charge is 2.21. The van der Waals surface area contributed by atoms with Gasteiger partial charge in [0.25, 0.3) is 5.91 Å². The van der Waals surface area contributed by atoms with Crippen LogP contribution in [0.25, 0.3) is 0 Å². The van der Waals surface area contributed by atoms with Gasteiger partial charge in [0.1, 0.15) is 12.4 Å². The predicted molar refractivity (Wildman–Crippen MR) is 95.1 cm³/mol. The van der Waals surface area contributed by atoms with Crippen molar-refractivity contribution in [2.45, 2.75) is 32.5 Å². The molecule has 24 heavy (non-hydrogen) atoms. The van der Waals surface area contributed by atoms with E-state index in [-0.39, 0.29) is 5.91 Å². The lowest BCUT2D eigenvalue weighted by Crippen LogP contribution is -2.27. The molecule has 4 heteroatoms. The maximum Gasteiger partial charge on any atom is 0.253 e.